The molecule has 0 N–H and O–H groups in total. The average molecular weight is 405 g/mol. The predicted octanol–water partition coefficient (Wildman–Crippen LogP) is 3.43. The molecule has 1 aliphatic carbocycles. The van der Waals surface area contributed by atoms with E-state index in [0.29, 0.717) is 0 Å². The number of carbonyl (C=O) groups is 1. The highest BCUT2D eigenvalue weighted by Crippen LogP contribution is 2.33. The van der Waals surface area contributed by atoms with Gasteiger partial charge in [-0.1, -0.05) is 6.07 Å². The molecule has 6 heteroatoms. The lowest BCUT2D eigenvalue weighted by Crippen LogP contribution is -2.49. The van der Waals surface area contributed by atoms with Crippen LogP contribution in [0.3, 0.4) is 0 Å². The molecule has 30 heavy (non-hydrogen) atoms. The fourth-order valence-corrected chi connectivity index (χ4v) is 4.44. The van der Waals surface area contributed by atoms with Gasteiger partial charge in [-0.3, -0.25) is 14.7 Å². The molecule has 3 aromatic rings. The molecule has 1 aromatic carbocycles. The third kappa shape index (κ3) is 4.05. The van der Waals surface area contributed by atoms with E-state index in [4.69, 9.17) is 9.15 Å². The fraction of sp³-hybridized carbons (Fsp3) is 0.417. The smallest absolute Gasteiger partial charge is 0.260 e. The van der Waals surface area contributed by atoms with E-state index in [-0.39, 0.29) is 12.5 Å². The zero-order valence-corrected chi connectivity index (χ0v) is 17.2. The van der Waals surface area contributed by atoms with Crippen molar-refractivity contribution in [3.63, 3.8) is 0 Å². The Kier molecular flexibility index (Phi) is 5.41. The number of pyridine rings is 1. The number of hydrogen-bond acceptors (Lipinski definition) is 5. The van der Waals surface area contributed by atoms with Crippen LogP contribution in [0.1, 0.15) is 29.9 Å². The third-order valence-corrected chi connectivity index (χ3v) is 6.13. The molecule has 1 amide bonds. The van der Waals surface area contributed by atoms with Gasteiger partial charge in [-0.05, 0) is 49.6 Å². The Morgan fingerprint density at radius 3 is 2.77 bits per heavy atom. The van der Waals surface area contributed by atoms with E-state index in [2.05, 4.69) is 9.88 Å². The quantitative estimate of drug-likeness (QED) is 0.651. The molecule has 5 rings (SSSR count). The number of aryl methyl sites for hydroxylation is 2. The van der Waals surface area contributed by atoms with Crippen LogP contribution in [0.2, 0.25) is 0 Å². The number of carbonyl (C=O) groups excluding carboxylic acids is 1. The summed E-state index contributed by atoms with van der Waals surface area (Å²) >= 11 is 0. The predicted molar refractivity (Wildman–Crippen MR) is 114 cm³/mol. The number of aromatic nitrogens is 1. The summed E-state index contributed by atoms with van der Waals surface area (Å²) in [6.45, 7) is 4.07. The monoisotopic (exact) mass is 405 g/mol. The molecule has 1 aliphatic heterocycles. The minimum absolute atomic E-state index is 0.0433. The molecule has 2 aromatic heterocycles. The van der Waals surface area contributed by atoms with Crippen molar-refractivity contribution in [1.82, 2.24) is 14.8 Å². The number of piperazine rings is 1. The number of nitrogens with zero attached hydrogens (tertiary/aromatic N) is 3. The molecule has 2 aliphatic rings. The molecule has 6 nitrogen and oxygen atoms in total. The van der Waals surface area contributed by atoms with Crippen molar-refractivity contribution >= 4 is 16.9 Å². The van der Waals surface area contributed by atoms with Crippen LogP contribution in [0.15, 0.2) is 47.0 Å². The van der Waals surface area contributed by atoms with Crippen molar-refractivity contribution in [2.24, 2.45) is 0 Å². The first-order chi connectivity index (χ1) is 14.8. The largest absolute Gasteiger partial charge is 0.484 e. The van der Waals surface area contributed by atoms with Gasteiger partial charge in [0.2, 0.25) is 0 Å². The van der Waals surface area contributed by atoms with Crippen molar-refractivity contribution in [3.05, 3.63) is 59.6 Å². The Labute approximate surface area is 176 Å². The van der Waals surface area contributed by atoms with E-state index >= 15 is 0 Å². The van der Waals surface area contributed by atoms with Gasteiger partial charge in [-0.2, -0.15) is 0 Å². The molecule has 156 valence electrons. The Hall–Kier alpha value is -2.86. The highest BCUT2D eigenvalue weighted by Gasteiger charge is 2.22. The molecule has 0 radical (unpaired) electrons. The van der Waals surface area contributed by atoms with E-state index in [9.17, 15) is 4.79 Å². The zero-order valence-electron chi connectivity index (χ0n) is 17.2. The first-order valence-electron chi connectivity index (χ1n) is 10.8. The molecule has 0 spiro atoms. The lowest BCUT2D eigenvalue weighted by Gasteiger charge is -2.34. The van der Waals surface area contributed by atoms with E-state index in [0.717, 1.165) is 73.7 Å². The molecule has 0 bridgehead atoms. The number of fused-ring (bicyclic) bond motifs is 3. The van der Waals surface area contributed by atoms with Gasteiger partial charge in [0.05, 0.1) is 5.69 Å². The third-order valence-electron chi connectivity index (χ3n) is 6.13. The van der Waals surface area contributed by atoms with Crippen LogP contribution in [0.5, 0.6) is 5.75 Å². The second-order valence-electron chi connectivity index (χ2n) is 8.14. The van der Waals surface area contributed by atoms with Gasteiger partial charge in [0.25, 0.3) is 5.91 Å². The van der Waals surface area contributed by atoms with Crippen LogP contribution < -0.4 is 4.74 Å². The van der Waals surface area contributed by atoms with Crippen LogP contribution in [0.25, 0.3) is 11.0 Å². The molecule has 3 heterocycles. The van der Waals surface area contributed by atoms with Crippen molar-refractivity contribution in [1.29, 1.82) is 0 Å². The van der Waals surface area contributed by atoms with Crippen LogP contribution >= 0.6 is 0 Å². The maximum atomic E-state index is 12.6. The lowest BCUT2D eigenvalue weighted by molar-refractivity contribution is -0.135. The summed E-state index contributed by atoms with van der Waals surface area (Å²) in [5.41, 5.74) is 3.30. The number of furan rings is 1. The van der Waals surface area contributed by atoms with Crippen LogP contribution in [-0.2, 0) is 24.2 Å². The van der Waals surface area contributed by atoms with Gasteiger partial charge in [0.1, 0.15) is 17.1 Å². The Morgan fingerprint density at radius 1 is 1.07 bits per heavy atom. The van der Waals surface area contributed by atoms with Crippen molar-refractivity contribution in [2.75, 3.05) is 32.8 Å². The number of amides is 1. The molecule has 1 saturated heterocycles. The summed E-state index contributed by atoms with van der Waals surface area (Å²) in [7, 11) is 0. The van der Waals surface area contributed by atoms with Gasteiger partial charge in [-0.25, -0.2) is 0 Å². The van der Waals surface area contributed by atoms with Crippen LogP contribution in [0.4, 0.5) is 0 Å². The van der Waals surface area contributed by atoms with Crippen molar-refractivity contribution in [3.8, 4) is 5.75 Å². The summed E-state index contributed by atoms with van der Waals surface area (Å²) in [6.07, 6.45) is 6.30. The number of hydrogen-bond donors (Lipinski definition) is 0. The summed E-state index contributed by atoms with van der Waals surface area (Å²) < 4.78 is 11.8. The Bertz CT molecular complexity index is 1020. The topological polar surface area (TPSA) is 58.8 Å². The molecule has 1 fully saturated rings. The Balaban J connectivity index is 1.15. The molecule has 0 unspecified atom stereocenters. The normalized spacial score (nSPS) is 17.1. The summed E-state index contributed by atoms with van der Waals surface area (Å²) in [4.78, 5) is 21.3. The highest BCUT2D eigenvalue weighted by atomic mass is 16.5. The maximum Gasteiger partial charge on any atom is 0.260 e. The van der Waals surface area contributed by atoms with Crippen LogP contribution in [-0.4, -0.2) is 53.5 Å². The van der Waals surface area contributed by atoms with Gasteiger partial charge in [0.15, 0.2) is 6.61 Å². The zero-order chi connectivity index (χ0) is 20.3. The summed E-state index contributed by atoms with van der Waals surface area (Å²) in [6, 6.07) is 11.9. The SMILES string of the molecule is O=C(COc1ccc2oc3c(c2c1)CCCC3)N1CCN(Cc2ccccn2)CC1. The van der Waals surface area contributed by atoms with Crippen molar-refractivity contribution in [2.45, 2.75) is 32.2 Å². The second-order valence-corrected chi connectivity index (χ2v) is 8.14. The number of benzene rings is 1. The highest BCUT2D eigenvalue weighted by molar-refractivity contribution is 5.84. The van der Waals surface area contributed by atoms with Crippen molar-refractivity contribution < 1.29 is 13.9 Å². The fourth-order valence-electron chi connectivity index (χ4n) is 4.44. The summed E-state index contributed by atoms with van der Waals surface area (Å²) in [5.74, 6) is 1.90. The van der Waals surface area contributed by atoms with Gasteiger partial charge in [-0.15, -0.1) is 0 Å². The Morgan fingerprint density at radius 2 is 1.93 bits per heavy atom. The minimum Gasteiger partial charge on any atom is -0.484 e. The first kappa shape index (κ1) is 19.1. The molecule has 0 saturated carbocycles. The number of ether oxygens (including phenoxy) is 1. The molecular weight excluding hydrogens is 378 g/mol. The van der Waals surface area contributed by atoms with Crippen LogP contribution in [0, 0.1) is 0 Å². The van der Waals surface area contributed by atoms with E-state index < -0.39 is 0 Å². The summed E-state index contributed by atoms with van der Waals surface area (Å²) in [5, 5.41) is 1.14. The standard InChI is InChI=1S/C24H27N3O3/c28-24(27-13-11-26(12-14-27)16-18-5-3-4-10-25-18)17-29-19-8-9-23-21(15-19)20-6-1-2-7-22(20)30-23/h3-5,8-10,15H,1-2,6-7,11-14,16-17H2. The van der Waals surface area contributed by atoms with E-state index in [1.165, 1.54) is 18.4 Å². The minimum atomic E-state index is 0.0433. The maximum absolute atomic E-state index is 12.6. The second kappa shape index (κ2) is 8.48. The molecular formula is C24H27N3O3. The first-order valence-corrected chi connectivity index (χ1v) is 10.8. The van der Waals surface area contributed by atoms with Gasteiger partial charge < -0.3 is 14.1 Å². The van der Waals surface area contributed by atoms with Gasteiger partial charge >= 0.3 is 0 Å². The van der Waals surface area contributed by atoms with E-state index in [1.807, 2.05) is 47.5 Å². The average Bonchev–Trinajstić information content (AvgIpc) is 3.17. The lowest BCUT2D eigenvalue weighted by atomic mass is 9.96. The number of rotatable bonds is 5. The molecule has 0 atom stereocenters. The van der Waals surface area contributed by atoms with Gasteiger partial charge in [0, 0.05) is 56.3 Å². The van der Waals surface area contributed by atoms with E-state index in [1.54, 1.807) is 0 Å².